The van der Waals surface area contributed by atoms with Crippen molar-refractivity contribution in [1.29, 1.82) is 0 Å². The van der Waals surface area contributed by atoms with Crippen molar-refractivity contribution in [3.05, 3.63) is 41.0 Å². The van der Waals surface area contributed by atoms with Crippen LogP contribution < -0.4 is 5.32 Å². The van der Waals surface area contributed by atoms with Gasteiger partial charge in [0.05, 0.1) is 0 Å². The Morgan fingerprint density at radius 3 is 2.33 bits per heavy atom. The smallest absolute Gasteiger partial charge is 0.161 e. The van der Waals surface area contributed by atoms with E-state index in [0.29, 0.717) is 0 Å². The molecule has 4 nitrogen and oxygen atoms in total. The standard InChI is InChI=1S/C14H18N4/c1-9-5-6-16-8-12(9)14-17-10(2)13(7-15-4)11(3)18-14/h5-6,8,15H,7H2,1-4H3. The first-order valence-corrected chi connectivity index (χ1v) is 6.03. The fraction of sp³-hybridized carbons (Fsp3) is 0.357. The molecule has 0 radical (unpaired) electrons. The van der Waals surface area contributed by atoms with Crippen LogP contribution in [-0.4, -0.2) is 22.0 Å². The molecule has 0 aromatic carbocycles. The topological polar surface area (TPSA) is 50.7 Å². The molecule has 0 saturated carbocycles. The van der Waals surface area contributed by atoms with Crippen molar-refractivity contribution >= 4 is 0 Å². The summed E-state index contributed by atoms with van der Waals surface area (Å²) in [7, 11) is 1.93. The van der Waals surface area contributed by atoms with E-state index in [9.17, 15) is 0 Å². The Balaban J connectivity index is 2.52. The van der Waals surface area contributed by atoms with E-state index in [4.69, 9.17) is 0 Å². The summed E-state index contributed by atoms with van der Waals surface area (Å²) in [5.41, 5.74) is 5.36. The molecular formula is C14H18N4. The number of pyridine rings is 1. The highest BCUT2D eigenvalue weighted by molar-refractivity contribution is 5.58. The molecule has 0 spiro atoms. The molecule has 2 aromatic heterocycles. The Morgan fingerprint density at radius 1 is 1.11 bits per heavy atom. The first-order chi connectivity index (χ1) is 8.63. The van der Waals surface area contributed by atoms with E-state index in [1.54, 1.807) is 6.20 Å². The lowest BCUT2D eigenvalue weighted by Gasteiger charge is -2.11. The van der Waals surface area contributed by atoms with Crippen LogP contribution in [0.2, 0.25) is 0 Å². The zero-order chi connectivity index (χ0) is 13.1. The lowest BCUT2D eigenvalue weighted by atomic mass is 10.1. The van der Waals surface area contributed by atoms with Crippen molar-refractivity contribution < 1.29 is 0 Å². The number of rotatable bonds is 3. The lowest BCUT2D eigenvalue weighted by Crippen LogP contribution is -2.11. The van der Waals surface area contributed by atoms with Gasteiger partial charge in [-0.15, -0.1) is 0 Å². The van der Waals surface area contributed by atoms with Gasteiger partial charge in [-0.05, 0) is 39.4 Å². The second-order valence-corrected chi connectivity index (χ2v) is 4.42. The molecule has 4 heteroatoms. The van der Waals surface area contributed by atoms with E-state index >= 15 is 0 Å². The monoisotopic (exact) mass is 242 g/mol. The third-order valence-corrected chi connectivity index (χ3v) is 3.05. The highest BCUT2D eigenvalue weighted by atomic mass is 14.9. The summed E-state index contributed by atoms with van der Waals surface area (Å²) in [6.45, 7) is 6.89. The maximum absolute atomic E-state index is 4.59. The van der Waals surface area contributed by atoms with Crippen LogP contribution in [-0.2, 0) is 6.54 Å². The molecule has 0 aliphatic carbocycles. The van der Waals surface area contributed by atoms with Crippen LogP contribution in [0.4, 0.5) is 0 Å². The fourth-order valence-electron chi connectivity index (χ4n) is 1.99. The highest BCUT2D eigenvalue weighted by Crippen LogP contribution is 2.20. The van der Waals surface area contributed by atoms with Crippen LogP contribution in [0.25, 0.3) is 11.4 Å². The number of nitrogens with one attached hydrogen (secondary N) is 1. The number of hydrogen-bond donors (Lipinski definition) is 1. The van der Waals surface area contributed by atoms with Gasteiger partial charge in [-0.1, -0.05) is 0 Å². The number of nitrogens with zero attached hydrogens (tertiary/aromatic N) is 3. The molecule has 0 amide bonds. The van der Waals surface area contributed by atoms with Gasteiger partial charge in [0.1, 0.15) is 0 Å². The number of aryl methyl sites for hydroxylation is 3. The van der Waals surface area contributed by atoms with Crippen molar-refractivity contribution in [3.63, 3.8) is 0 Å². The van der Waals surface area contributed by atoms with E-state index in [1.807, 2.05) is 40.1 Å². The van der Waals surface area contributed by atoms with Gasteiger partial charge in [0.15, 0.2) is 5.82 Å². The molecule has 0 fully saturated rings. The van der Waals surface area contributed by atoms with Crippen LogP contribution in [0.3, 0.4) is 0 Å². The summed E-state index contributed by atoms with van der Waals surface area (Å²) in [5.74, 6) is 0.760. The van der Waals surface area contributed by atoms with Gasteiger partial charge in [-0.25, -0.2) is 9.97 Å². The van der Waals surface area contributed by atoms with Gasteiger partial charge in [-0.3, -0.25) is 4.98 Å². The molecule has 2 heterocycles. The fourth-order valence-corrected chi connectivity index (χ4v) is 1.99. The Hall–Kier alpha value is -1.81. The second kappa shape index (κ2) is 5.23. The van der Waals surface area contributed by atoms with Crippen molar-refractivity contribution in [1.82, 2.24) is 20.3 Å². The van der Waals surface area contributed by atoms with Crippen molar-refractivity contribution in [2.45, 2.75) is 27.3 Å². The molecule has 1 N–H and O–H groups in total. The summed E-state index contributed by atoms with van der Waals surface area (Å²) in [6.07, 6.45) is 3.61. The first-order valence-electron chi connectivity index (χ1n) is 6.03. The highest BCUT2D eigenvalue weighted by Gasteiger charge is 2.10. The summed E-state index contributed by atoms with van der Waals surface area (Å²) in [6, 6.07) is 1.98. The largest absolute Gasteiger partial charge is 0.316 e. The molecule has 0 aliphatic heterocycles. The number of aromatic nitrogens is 3. The van der Waals surface area contributed by atoms with Gasteiger partial charge in [-0.2, -0.15) is 0 Å². The summed E-state index contributed by atoms with van der Waals surface area (Å²) in [5, 5.41) is 3.14. The predicted molar refractivity (Wildman–Crippen MR) is 72.2 cm³/mol. The van der Waals surface area contributed by atoms with Crippen LogP contribution in [0, 0.1) is 20.8 Å². The zero-order valence-electron chi connectivity index (χ0n) is 11.3. The molecule has 18 heavy (non-hydrogen) atoms. The molecular weight excluding hydrogens is 224 g/mol. The third-order valence-electron chi connectivity index (χ3n) is 3.05. The Morgan fingerprint density at radius 2 is 1.78 bits per heavy atom. The third kappa shape index (κ3) is 2.38. The molecule has 0 bridgehead atoms. The molecule has 0 saturated heterocycles. The van der Waals surface area contributed by atoms with E-state index in [2.05, 4.69) is 20.3 Å². The average molecular weight is 242 g/mol. The Bertz CT molecular complexity index is 540. The van der Waals surface area contributed by atoms with Crippen LogP contribution >= 0.6 is 0 Å². The molecule has 2 aromatic rings. The van der Waals surface area contributed by atoms with Crippen LogP contribution in [0.5, 0.6) is 0 Å². The van der Waals surface area contributed by atoms with E-state index in [0.717, 1.165) is 34.9 Å². The Kier molecular flexibility index (Phi) is 3.67. The lowest BCUT2D eigenvalue weighted by molar-refractivity contribution is 0.787. The van der Waals surface area contributed by atoms with Gasteiger partial charge in [0.25, 0.3) is 0 Å². The van der Waals surface area contributed by atoms with E-state index < -0.39 is 0 Å². The normalized spacial score (nSPS) is 10.7. The summed E-state index contributed by atoms with van der Waals surface area (Å²) < 4.78 is 0. The van der Waals surface area contributed by atoms with E-state index in [1.165, 1.54) is 5.56 Å². The van der Waals surface area contributed by atoms with Crippen molar-refractivity contribution in [2.24, 2.45) is 0 Å². The second-order valence-electron chi connectivity index (χ2n) is 4.42. The zero-order valence-corrected chi connectivity index (χ0v) is 11.3. The minimum Gasteiger partial charge on any atom is -0.316 e. The van der Waals surface area contributed by atoms with Crippen LogP contribution in [0.15, 0.2) is 18.5 Å². The minimum atomic E-state index is 0.760. The average Bonchev–Trinajstić information content (AvgIpc) is 2.34. The van der Waals surface area contributed by atoms with E-state index in [-0.39, 0.29) is 0 Å². The summed E-state index contributed by atoms with van der Waals surface area (Å²) in [4.78, 5) is 13.3. The van der Waals surface area contributed by atoms with Crippen LogP contribution in [0.1, 0.15) is 22.5 Å². The first kappa shape index (κ1) is 12.6. The quantitative estimate of drug-likeness (QED) is 0.896. The van der Waals surface area contributed by atoms with Gasteiger partial charge in [0, 0.05) is 41.5 Å². The molecule has 2 rings (SSSR count). The summed E-state index contributed by atoms with van der Waals surface area (Å²) >= 11 is 0. The predicted octanol–water partition coefficient (Wildman–Crippen LogP) is 2.18. The maximum Gasteiger partial charge on any atom is 0.161 e. The number of hydrogen-bond acceptors (Lipinski definition) is 4. The van der Waals surface area contributed by atoms with Crippen molar-refractivity contribution in [2.75, 3.05) is 7.05 Å². The molecule has 0 aliphatic rings. The Labute approximate surface area is 108 Å². The van der Waals surface area contributed by atoms with Gasteiger partial charge in [0.2, 0.25) is 0 Å². The maximum atomic E-state index is 4.59. The van der Waals surface area contributed by atoms with Gasteiger partial charge < -0.3 is 5.32 Å². The molecule has 0 unspecified atom stereocenters. The SMILES string of the molecule is CNCc1c(C)nc(-c2cnccc2C)nc1C. The minimum absolute atomic E-state index is 0.760. The molecule has 94 valence electrons. The van der Waals surface area contributed by atoms with Gasteiger partial charge >= 0.3 is 0 Å². The molecule has 0 atom stereocenters. The van der Waals surface area contributed by atoms with Crippen molar-refractivity contribution in [3.8, 4) is 11.4 Å².